The molecule has 4 rings (SSSR count). The van der Waals surface area contributed by atoms with Crippen molar-refractivity contribution >= 4 is 5.97 Å². The van der Waals surface area contributed by atoms with E-state index in [4.69, 9.17) is 9.47 Å². The first-order valence-corrected chi connectivity index (χ1v) is 10.6. The maximum absolute atomic E-state index is 12.2. The van der Waals surface area contributed by atoms with Crippen LogP contribution >= 0.6 is 0 Å². The van der Waals surface area contributed by atoms with Crippen LogP contribution in [0.5, 0.6) is 5.75 Å². The summed E-state index contributed by atoms with van der Waals surface area (Å²) in [6.45, 7) is 2.75. The number of carbonyl (C=O) groups is 1. The molecule has 5 heteroatoms. The first kappa shape index (κ1) is 20.2. The number of imidazole rings is 1. The summed E-state index contributed by atoms with van der Waals surface area (Å²) in [7, 11) is 1.94. The van der Waals surface area contributed by atoms with Crippen LogP contribution < -0.4 is 4.74 Å². The lowest BCUT2D eigenvalue weighted by atomic mass is 9.94. The number of rotatable bonds is 8. The summed E-state index contributed by atoms with van der Waals surface area (Å²) < 4.78 is 13.1. The van der Waals surface area contributed by atoms with Crippen molar-refractivity contribution in [2.75, 3.05) is 6.61 Å². The number of benzene rings is 2. The highest BCUT2D eigenvalue weighted by Gasteiger charge is 2.22. The summed E-state index contributed by atoms with van der Waals surface area (Å²) >= 11 is 0. The molecule has 0 spiro atoms. The van der Waals surface area contributed by atoms with Crippen LogP contribution in [0.2, 0.25) is 0 Å². The Bertz CT molecular complexity index is 1010. The predicted molar refractivity (Wildman–Crippen MR) is 116 cm³/mol. The number of aryl methyl sites for hydroxylation is 3. The van der Waals surface area contributed by atoms with E-state index in [1.54, 1.807) is 6.20 Å². The molecule has 0 bridgehead atoms. The summed E-state index contributed by atoms with van der Waals surface area (Å²) in [4.78, 5) is 16.6. The molecule has 0 aliphatic heterocycles. The highest BCUT2D eigenvalue weighted by atomic mass is 16.5. The zero-order chi connectivity index (χ0) is 20.9. The van der Waals surface area contributed by atoms with E-state index in [9.17, 15) is 4.79 Å². The fourth-order valence-corrected chi connectivity index (χ4v) is 4.14. The normalized spacial score (nSPS) is 13.7. The van der Waals surface area contributed by atoms with Gasteiger partial charge in [0.05, 0.1) is 18.9 Å². The third kappa shape index (κ3) is 4.56. The van der Waals surface area contributed by atoms with Crippen LogP contribution in [-0.2, 0) is 36.0 Å². The van der Waals surface area contributed by atoms with E-state index in [0.717, 1.165) is 17.1 Å². The Hall–Kier alpha value is -3.08. The second-order valence-electron chi connectivity index (χ2n) is 7.77. The molecule has 0 saturated heterocycles. The maximum Gasteiger partial charge on any atom is 0.306 e. The molecule has 2 aromatic carbocycles. The minimum atomic E-state index is -0.220. The van der Waals surface area contributed by atoms with Gasteiger partial charge in [0.15, 0.2) is 0 Å². The van der Waals surface area contributed by atoms with Crippen molar-refractivity contribution in [3.05, 3.63) is 82.9 Å². The van der Waals surface area contributed by atoms with Gasteiger partial charge in [0, 0.05) is 19.4 Å². The van der Waals surface area contributed by atoms with Crippen LogP contribution in [0.3, 0.4) is 0 Å². The molecule has 0 amide bonds. The lowest BCUT2D eigenvalue weighted by Gasteiger charge is -2.17. The van der Waals surface area contributed by atoms with Gasteiger partial charge >= 0.3 is 5.97 Å². The van der Waals surface area contributed by atoms with E-state index in [2.05, 4.69) is 23.2 Å². The van der Waals surface area contributed by atoms with Gasteiger partial charge in [0.1, 0.15) is 18.2 Å². The predicted octanol–water partition coefficient (Wildman–Crippen LogP) is 4.57. The number of hydrogen-bond donors (Lipinski definition) is 0. The van der Waals surface area contributed by atoms with Crippen molar-refractivity contribution in [1.29, 1.82) is 0 Å². The van der Waals surface area contributed by atoms with Gasteiger partial charge in [-0.25, -0.2) is 4.98 Å². The molecule has 5 nitrogen and oxygen atoms in total. The Morgan fingerprint density at radius 1 is 1.13 bits per heavy atom. The van der Waals surface area contributed by atoms with E-state index < -0.39 is 0 Å². The van der Waals surface area contributed by atoms with Crippen LogP contribution in [0.25, 0.3) is 0 Å². The van der Waals surface area contributed by atoms with Gasteiger partial charge in [-0.15, -0.1) is 0 Å². The van der Waals surface area contributed by atoms with Gasteiger partial charge in [-0.2, -0.15) is 0 Å². The van der Waals surface area contributed by atoms with Crippen molar-refractivity contribution in [2.45, 2.75) is 45.1 Å². The number of nitrogens with zero attached hydrogens (tertiary/aromatic N) is 2. The Balaban J connectivity index is 1.46. The number of ether oxygens (including phenoxy) is 2. The number of fused-ring (bicyclic) bond motifs is 1. The van der Waals surface area contributed by atoms with E-state index in [1.165, 1.54) is 36.0 Å². The van der Waals surface area contributed by atoms with Crippen LogP contribution in [0.15, 0.2) is 54.9 Å². The Kier molecular flexibility index (Phi) is 6.17. The minimum Gasteiger partial charge on any atom is -0.489 e. The number of esters is 1. The average molecular weight is 405 g/mol. The molecular formula is C25H28N2O3. The second-order valence-corrected chi connectivity index (χ2v) is 7.77. The summed E-state index contributed by atoms with van der Waals surface area (Å²) in [5.41, 5.74) is 5.16. The SMILES string of the molecule is CCOC(=O)C[C@@H](c1ccc(OCc2ccc3c(c2)CCC3)cc1)c1nccn1C. The largest absolute Gasteiger partial charge is 0.489 e. The Morgan fingerprint density at radius 2 is 1.93 bits per heavy atom. The first-order chi connectivity index (χ1) is 14.6. The molecule has 0 radical (unpaired) electrons. The summed E-state index contributed by atoms with van der Waals surface area (Å²) in [5, 5.41) is 0. The zero-order valence-corrected chi connectivity index (χ0v) is 17.6. The molecule has 1 aliphatic rings. The Labute approximate surface area is 177 Å². The molecule has 30 heavy (non-hydrogen) atoms. The molecule has 0 saturated carbocycles. The van der Waals surface area contributed by atoms with E-state index >= 15 is 0 Å². The van der Waals surface area contributed by atoms with E-state index in [0.29, 0.717) is 13.2 Å². The molecule has 0 unspecified atom stereocenters. The molecule has 0 N–H and O–H groups in total. The fraction of sp³-hybridized carbons (Fsp3) is 0.360. The van der Waals surface area contributed by atoms with Crippen molar-refractivity contribution in [2.24, 2.45) is 7.05 Å². The van der Waals surface area contributed by atoms with Crippen LogP contribution in [0.1, 0.15) is 53.8 Å². The molecule has 1 heterocycles. The number of aromatic nitrogens is 2. The highest BCUT2D eigenvalue weighted by molar-refractivity contribution is 5.71. The topological polar surface area (TPSA) is 53.4 Å². The smallest absolute Gasteiger partial charge is 0.306 e. The summed E-state index contributed by atoms with van der Waals surface area (Å²) in [6, 6.07) is 14.6. The standard InChI is InChI=1S/C25H28N2O3/c1-3-29-24(28)16-23(25-26-13-14-27(25)2)20-9-11-22(12-10-20)30-17-18-7-8-19-5-4-6-21(19)15-18/h7-15,23H,3-6,16-17H2,1-2H3/t23-/m0/s1. The quantitative estimate of drug-likeness (QED) is 0.516. The summed E-state index contributed by atoms with van der Waals surface area (Å²) in [5.74, 6) is 1.28. The Morgan fingerprint density at radius 3 is 2.67 bits per heavy atom. The first-order valence-electron chi connectivity index (χ1n) is 10.6. The summed E-state index contributed by atoms with van der Waals surface area (Å²) in [6.07, 6.45) is 7.52. The molecule has 1 aromatic heterocycles. The van der Waals surface area contributed by atoms with Crippen LogP contribution in [0.4, 0.5) is 0 Å². The zero-order valence-electron chi connectivity index (χ0n) is 17.6. The van der Waals surface area contributed by atoms with E-state index in [-0.39, 0.29) is 18.3 Å². The highest BCUT2D eigenvalue weighted by Crippen LogP contribution is 2.29. The van der Waals surface area contributed by atoms with Gasteiger partial charge in [-0.05, 0) is 60.6 Å². The van der Waals surface area contributed by atoms with Gasteiger partial charge in [0.2, 0.25) is 0 Å². The third-order valence-electron chi connectivity index (χ3n) is 5.70. The lowest BCUT2D eigenvalue weighted by Crippen LogP contribution is -2.15. The molecule has 1 aliphatic carbocycles. The molecular weight excluding hydrogens is 376 g/mol. The van der Waals surface area contributed by atoms with E-state index in [1.807, 2.05) is 49.0 Å². The van der Waals surface area contributed by atoms with Crippen molar-refractivity contribution in [3.63, 3.8) is 0 Å². The number of carbonyl (C=O) groups excluding carboxylic acids is 1. The van der Waals surface area contributed by atoms with Crippen molar-refractivity contribution < 1.29 is 14.3 Å². The monoisotopic (exact) mass is 404 g/mol. The average Bonchev–Trinajstić information content (AvgIpc) is 3.39. The number of hydrogen-bond acceptors (Lipinski definition) is 4. The van der Waals surface area contributed by atoms with Crippen molar-refractivity contribution in [3.8, 4) is 5.75 Å². The van der Waals surface area contributed by atoms with Crippen LogP contribution in [0, 0.1) is 0 Å². The fourth-order valence-electron chi connectivity index (χ4n) is 4.14. The molecule has 3 aromatic rings. The second kappa shape index (κ2) is 9.16. The van der Waals surface area contributed by atoms with Crippen molar-refractivity contribution in [1.82, 2.24) is 9.55 Å². The molecule has 156 valence electrons. The van der Waals surface area contributed by atoms with Gasteiger partial charge in [0.25, 0.3) is 0 Å². The third-order valence-corrected chi connectivity index (χ3v) is 5.70. The van der Waals surface area contributed by atoms with Gasteiger partial charge in [-0.3, -0.25) is 4.79 Å². The maximum atomic E-state index is 12.2. The van der Waals surface area contributed by atoms with Crippen LogP contribution in [-0.4, -0.2) is 22.1 Å². The lowest BCUT2D eigenvalue weighted by molar-refractivity contribution is -0.143. The minimum absolute atomic E-state index is 0.158. The van der Waals surface area contributed by atoms with Gasteiger partial charge in [-0.1, -0.05) is 30.3 Å². The molecule has 0 fully saturated rings. The molecule has 1 atom stereocenters. The van der Waals surface area contributed by atoms with Gasteiger partial charge < -0.3 is 14.0 Å².